The van der Waals surface area contributed by atoms with Crippen LogP contribution in [0.25, 0.3) is 0 Å². The first-order valence-corrected chi connectivity index (χ1v) is 7.69. The first kappa shape index (κ1) is 18.0. The summed E-state index contributed by atoms with van der Waals surface area (Å²) in [5, 5.41) is 6.42. The van der Waals surface area contributed by atoms with Crippen molar-refractivity contribution in [2.24, 2.45) is 5.92 Å². The Morgan fingerprint density at radius 1 is 1.38 bits per heavy atom. The Kier molecular flexibility index (Phi) is 7.76. The van der Waals surface area contributed by atoms with Crippen LogP contribution in [-0.4, -0.2) is 25.5 Å². The lowest BCUT2D eigenvalue weighted by Gasteiger charge is -2.22. The summed E-state index contributed by atoms with van der Waals surface area (Å²) in [6, 6.07) is 8.52. The van der Waals surface area contributed by atoms with E-state index >= 15 is 0 Å². The van der Waals surface area contributed by atoms with Gasteiger partial charge in [0.1, 0.15) is 0 Å². The number of rotatable bonds is 5. The van der Waals surface area contributed by atoms with Gasteiger partial charge in [0.2, 0.25) is 5.91 Å². The van der Waals surface area contributed by atoms with Crippen molar-refractivity contribution < 1.29 is 4.79 Å². The lowest BCUT2D eigenvalue weighted by Crippen LogP contribution is -2.33. The van der Waals surface area contributed by atoms with Crippen LogP contribution in [-0.2, 0) is 4.79 Å². The zero-order valence-electron chi connectivity index (χ0n) is 13.0. The van der Waals surface area contributed by atoms with E-state index in [9.17, 15) is 4.79 Å². The largest absolute Gasteiger partial charge is 0.355 e. The Hall–Kier alpha value is -1.06. The molecular formula is C17H27ClN2O. The number of nitrogens with one attached hydrogen (secondary N) is 2. The van der Waals surface area contributed by atoms with E-state index in [0.29, 0.717) is 18.3 Å². The van der Waals surface area contributed by atoms with Gasteiger partial charge in [0.15, 0.2) is 0 Å². The molecule has 0 saturated carbocycles. The van der Waals surface area contributed by atoms with Gasteiger partial charge in [0.05, 0.1) is 0 Å². The van der Waals surface area contributed by atoms with Crippen molar-refractivity contribution in [3.05, 3.63) is 35.4 Å². The molecule has 1 amide bonds. The highest BCUT2D eigenvalue weighted by Gasteiger charge is 2.17. The maximum atomic E-state index is 12.0. The number of carbonyl (C=O) groups excluding carboxylic acids is 1. The second kappa shape index (κ2) is 9.06. The van der Waals surface area contributed by atoms with Crippen LogP contribution in [0.5, 0.6) is 0 Å². The third kappa shape index (κ3) is 6.06. The number of hydrogen-bond donors (Lipinski definition) is 2. The highest BCUT2D eigenvalue weighted by Crippen LogP contribution is 2.17. The molecule has 4 heteroatoms. The monoisotopic (exact) mass is 310 g/mol. The average molecular weight is 311 g/mol. The Balaban J connectivity index is 0.00000220. The second-order valence-electron chi connectivity index (χ2n) is 6.02. The molecule has 0 aromatic heterocycles. The summed E-state index contributed by atoms with van der Waals surface area (Å²) < 4.78 is 0. The number of piperidine rings is 1. The van der Waals surface area contributed by atoms with Gasteiger partial charge in [-0.15, -0.1) is 12.4 Å². The quantitative estimate of drug-likeness (QED) is 0.877. The van der Waals surface area contributed by atoms with Crippen LogP contribution in [0.15, 0.2) is 24.3 Å². The number of hydrogen-bond acceptors (Lipinski definition) is 2. The molecule has 2 N–H and O–H groups in total. The van der Waals surface area contributed by atoms with Crippen LogP contribution < -0.4 is 10.6 Å². The van der Waals surface area contributed by atoms with E-state index in [4.69, 9.17) is 0 Å². The summed E-state index contributed by atoms with van der Waals surface area (Å²) in [7, 11) is 0. The Morgan fingerprint density at radius 2 is 2.10 bits per heavy atom. The summed E-state index contributed by atoms with van der Waals surface area (Å²) in [6.07, 6.45) is 2.93. The molecule has 21 heavy (non-hydrogen) atoms. The van der Waals surface area contributed by atoms with Gasteiger partial charge in [-0.1, -0.05) is 36.8 Å². The molecular weight excluding hydrogens is 284 g/mol. The summed E-state index contributed by atoms with van der Waals surface area (Å²) in [6.45, 7) is 7.11. The molecule has 0 spiro atoms. The molecule has 0 bridgehead atoms. The number of amides is 1. The molecule has 1 aliphatic heterocycles. The van der Waals surface area contributed by atoms with Gasteiger partial charge in [0.25, 0.3) is 0 Å². The fraction of sp³-hybridized carbons (Fsp3) is 0.588. The van der Waals surface area contributed by atoms with E-state index in [1.165, 1.54) is 11.1 Å². The molecule has 1 saturated heterocycles. The third-order valence-electron chi connectivity index (χ3n) is 4.15. The summed E-state index contributed by atoms with van der Waals surface area (Å²) in [5.41, 5.74) is 2.57. The smallest absolute Gasteiger partial charge is 0.220 e. The zero-order valence-corrected chi connectivity index (χ0v) is 13.8. The first-order chi connectivity index (χ1) is 9.65. The Bertz CT molecular complexity index is 444. The van der Waals surface area contributed by atoms with Gasteiger partial charge in [0, 0.05) is 13.0 Å². The fourth-order valence-electron chi connectivity index (χ4n) is 2.78. The second-order valence-corrected chi connectivity index (χ2v) is 6.02. The molecule has 0 aliphatic carbocycles. The summed E-state index contributed by atoms with van der Waals surface area (Å²) in [4.78, 5) is 12.0. The van der Waals surface area contributed by atoms with Crippen molar-refractivity contribution in [3.63, 3.8) is 0 Å². The van der Waals surface area contributed by atoms with E-state index < -0.39 is 0 Å². The van der Waals surface area contributed by atoms with E-state index in [-0.39, 0.29) is 18.3 Å². The SMILES string of the molecule is Cc1cccc(C(C)CNC(=O)CC2CCNCC2)c1.Cl. The predicted octanol–water partition coefficient (Wildman–Crippen LogP) is 3.03. The third-order valence-corrected chi connectivity index (χ3v) is 4.15. The van der Waals surface area contributed by atoms with Gasteiger partial charge >= 0.3 is 0 Å². The molecule has 1 fully saturated rings. The maximum absolute atomic E-state index is 12.0. The number of aryl methyl sites for hydroxylation is 1. The lowest BCUT2D eigenvalue weighted by atomic mass is 9.94. The van der Waals surface area contributed by atoms with Gasteiger partial charge in [-0.05, 0) is 50.3 Å². The first-order valence-electron chi connectivity index (χ1n) is 7.69. The highest BCUT2D eigenvalue weighted by atomic mass is 35.5. The summed E-state index contributed by atoms with van der Waals surface area (Å²) >= 11 is 0. The molecule has 1 unspecified atom stereocenters. The molecule has 1 aromatic carbocycles. The van der Waals surface area contributed by atoms with Crippen LogP contribution >= 0.6 is 12.4 Å². The molecule has 1 aliphatic rings. The normalized spacial score (nSPS) is 16.9. The molecule has 3 nitrogen and oxygen atoms in total. The van der Waals surface area contributed by atoms with Gasteiger partial charge in [-0.25, -0.2) is 0 Å². The minimum absolute atomic E-state index is 0. The van der Waals surface area contributed by atoms with Crippen LogP contribution in [0, 0.1) is 12.8 Å². The molecule has 1 heterocycles. The van der Waals surface area contributed by atoms with Crippen molar-refractivity contribution in [2.75, 3.05) is 19.6 Å². The zero-order chi connectivity index (χ0) is 14.4. The van der Waals surface area contributed by atoms with Gasteiger partial charge in [-0.3, -0.25) is 4.79 Å². The predicted molar refractivity (Wildman–Crippen MR) is 90.1 cm³/mol. The highest BCUT2D eigenvalue weighted by molar-refractivity contribution is 5.85. The van der Waals surface area contributed by atoms with E-state index in [0.717, 1.165) is 32.5 Å². The van der Waals surface area contributed by atoms with Crippen molar-refractivity contribution in [3.8, 4) is 0 Å². The van der Waals surface area contributed by atoms with E-state index in [1.807, 2.05) is 0 Å². The van der Waals surface area contributed by atoms with Crippen LogP contribution in [0.4, 0.5) is 0 Å². The molecule has 2 rings (SSSR count). The summed E-state index contributed by atoms with van der Waals surface area (Å²) in [5.74, 6) is 1.13. The van der Waals surface area contributed by atoms with Gasteiger partial charge < -0.3 is 10.6 Å². The van der Waals surface area contributed by atoms with Crippen molar-refractivity contribution in [1.29, 1.82) is 0 Å². The molecule has 0 radical (unpaired) electrons. The van der Waals surface area contributed by atoms with Crippen LogP contribution in [0.1, 0.15) is 43.2 Å². The fourth-order valence-corrected chi connectivity index (χ4v) is 2.78. The number of halogens is 1. The Labute approximate surface area is 134 Å². The van der Waals surface area contributed by atoms with Gasteiger partial charge in [-0.2, -0.15) is 0 Å². The van der Waals surface area contributed by atoms with Crippen LogP contribution in [0.3, 0.4) is 0 Å². The van der Waals surface area contributed by atoms with Crippen molar-refractivity contribution in [2.45, 2.75) is 39.0 Å². The molecule has 118 valence electrons. The molecule has 1 atom stereocenters. The number of benzene rings is 1. The lowest BCUT2D eigenvalue weighted by molar-refractivity contribution is -0.122. The number of carbonyl (C=O) groups is 1. The molecule has 1 aromatic rings. The van der Waals surface area contributed by atoms with Crippen molar-refractivity contribution >= 4 is 18.3 Å². The standard InChI is InChI=1S/C17H26N2O.ClH/c1-13-4-3-5-16(10-13)14(2)12-19-17(20)11-15-6-8-18-9-7-15;/h3-5,10,14-15,18H,6-9,11-12H2,1-2H3,(H,19,20);1H. The van der Waals surface area contributed by atoms with E-state index in [2.05, 4.69) is 48.7 Å². The topological polar surface area (TPSA) is 41.1 Å². The minimum atomic E-state index is 0. The average Bonchev–Trinajstić information content (AvgIpc) is 2.46. The van der Waals surface area contributed by atoms with Crippen LogP contribution in [0.2, 0.25) is 0 Å². The minimum Gasteiger partial charge on any atom is -0.355 e. The Morgan fingerprint density at radius 3 is 2.76 bits per heavy atom. The van der Waals surface area contributed by atoms with Crippen molar-refractivity contribution in [1.82, 2.24) is 10.6 Å². The maximum Gasteiger partial charge on any atom is 0.220 e. The van der Waals surface area contributed by atoms with E-state index in [1.54, 1.807) is 0 Å².